The molecule has 0 radical (unpaired) electrons. The van der Waals surface area contributed by atoms with Crippen LogP contribution in [0.5, 0.6) is 0 Å². The van der Waals surface area contributed by atoms with E-state index in [1.54, 1.807) is 0 Å². The standard InChI is InChI=1S/C20H24N2O/c1-13-9-10-15(14(2)21-13)19(23)22-18-11-12-20(3,4)17-8-6-5-7-16(17)18/h5-10,18H,11-12H2,1-4H3,(H,22,23). The molecule has 3 heteroatoms. The zero-order valence-corrected chi connectivity index (χ0v) is 14.3. The van der Waals surface area contributed by atoms with Gasteiger partial charge in [0.25, 0.3) is 5.91 Å². The number of hydrogen-bond acceptors (Lipinski definition) is 2. The molecule has 2 aromatic rings. The molecule has 0 bridgehead atoms. The molecule has 120 valence electrons. The Morgan fingerprint density at radius 2 is 1.91 bits per heavy atom. The molecule has 0 saturated heterocycles. The zero-order valence-electron chi connectivity index (χ0n) is 14.3. The average Bonchev–Trinajstić information content (AvgIpc) is 2.50. The van der Waals surface area contributed by atoms with Crippen LogP contribution in [-0.2, 0) is 5.41 Å². The Labute approximate surface area is 138 Å². The van der Waals surface area contributed by atoms with Gasteiger partial charge in [-0.1, -0.05) is 38.1 Å². The number of aromatic nitrogens is 1. The van der Waals surface area contributed by atoms with Crippen LogP contribution >= 0.6 is 0 Å². The SMILES string of the molecule is Cc1ccc(C(=O)NC2CCC(C)(C)c3ccccc32)c(C)n1. The summed E-state index contributed by atoms with van der Waals surface area (Å²) in [5.41, 5.74) is 5.14. The van der Waals surface area contributed by atoms with Crippen LogP contribution in [0.4, 0.5) is 0 Å². The average molecular weight is 308 g/mol. The van der Waals surface area contributed by atoms with E-state index in [4.69, 9.17) is 0 Å². The molecular formula is C20H24N2O. The molecule has 1 atom stereocenters. The third kappa shape index (κ3) is 3.00. The van der Waals surface area contributed by atoms with Crippen molar-refractivity contribution in [2.24, 2.45) is 0 Å². The molecule has 1 unspecified atom stereocenters. The summed E-state index contributed by atoms with van der Waals surface area (Å²) in [4.78, 5) is 17.1. The first-order chi connectivity index (χ1) is 10.9. The lowest BCUT2D eigenvalue weighted by atomic mass is 9.71. The summed E-state index contributed by atoms with van der Waals surface area (Å²) in [5, 5.41) is 3.21. The van der Waals surface area contributed by atoms with Crippen molar-refractivity contribution < 1.29 is 4.79 Å². The Morgan fingerprint density at radius 1 is 1.17 bits per heavy atom. The van der Waals surface area contributed by atoms with Gasteiger partial charge in [0.05, 0.1) is 17.3 Å². The molecule has 1 aromatic carbocycles. The van der Waals surface area contributed by atoms with Crippen molar-refractivity contribution >= 4 is 5.91 Å². The van der Waals surface area contributed by atoms with E-state index < -0.39 is 0 Å². The van der Waals surface area contributed by atoms with Crippen molar-refractivity contribution in [3.8, 4) is 0 Å². The fourth-order valence-corrected chi connectivity index (χ4v) is 3.53. The van der Waals surface area contributed by atoms with Crippen molar-refractivity contribution in [2.45, 2.75) is 52.0 Å². The Hall–Kier alpha value is -2.16. The van der Waals surface area contributed by atoms with E-state index in [1.807, 2.05) is 26.0 Å². The monoisotopic (exact) mass is 308 g/mol. The zero-order chi connectivity index (χ0) is 16.6. The molecule has 0 saturated carbocycles. The molecule has 23 heavy (non-hydrogen) atoms. The van der Waals surface area contributed by atoms with Crippen molar-refractivity contribution in [3.05, 3.63) is 64.5 Å². The highest BCUT2D eigenvalue weighted by Crippen LogP contribution is 2.41. The summed E-state index contributed by atoms with van der Waals surface area (Å²) in [7, 11) is 0. The quantitative estimate of drug-likeness (QED) is 0.901. The topological polar surface area (TPSA) is 42.0 Å². The highest BCUT2D eigenvalue weighted by atomic mass is 16.1. The molecule has 1 aliphatic rings. The summed E-state index contributed by atoms with van der Waals surface area (Å²) < 4.78 is 0. The van der Waals surface area contributed by atoms with Gasteiger partial charge in [-0.2, -0.15) is 0 Å². The second kappa shape index (κ2) is 5.80. The molecule has 1 aliphatic carbocycles. The number of benzene rings is 1. The van der Waals surface area contributed by atoms with Gasteiger partial charge >= 0.3 is 0 Å². The van der Waals surface area contributed by atoms with Gasteiger partial charge in [0.2, 0.25) is 0 Å². The molecule has 1 aromatic heterocycles. The van der Waals surface area contributed by atoms with Crippen LogP contribution in [0.1, 0.15) is 65.6 Å². The number of rotatable bonds is 2. The van der Waals surface area contributed by atoms with Gasteiger partial charge in [-0.25, -0.2) is 0 Å². The molecule has 3 rings (SSSR count). The maximum Gasteiger partial charge on any atom is 0.253 e. The second-order valence-electron chi connectivity index (χ2n) is 7.12. The minimum atomic E-state index is -0.0329. The highest BCUT2D eigenvalue weighted by molar-refractivity contribution is 5.95. The number of fused-ring (bicyclic) bond motifs is 1. The smallest absolute Gasteiger partial charge is 0.253 e. The minimum Gasteiger partial charge on any atom is -0.345 e. The third-order valence-electron chi connectivity index (χ3n) is 4.90. The first kappa shape index (κ1) is 15.7. The van der Waals surface area contributed by atoms with Crippen LogP contribution in [-0.4, -0.2) is 10.9 Å². The Bertz CT molecular complexity index is 749. The van der Waals surface area contributed by atoms with Gasteiger partial charge in [0.15, 0.2) is 0 Å². The number of aryl methyl sites for hydroxylation is 2. The summed E-state index contributed by atoms with van der Waals surface area (Å²) in [6.07, 6.45) is 2.04. The first-order valence-electron chi connectivity index (χ1n) is 8.23. The van der Waals surface area contributed by atoms with Crippen LogP contribution in [0.15, 0.2) is 36.4 Å². The number of nitrogens with zero attached hydrogens (tertiary/aromatic N) is 1. The summed E-state index contributed by atoms with van der Waals surface area (Å²) in [6.45, 7) is 8.38. The summed E-state index contributed by atoms with van der Waals surface area (Å²) in [6, 6.07) is 12.3. The molecule has 1 amide bonds. The van der Waals surface area contributed by atoms with E-state index in [-0.39, 0.29) is 17.4 Å². The Morgan fingerprint density at radius 3 is 2.65 bits per heavy atom. The van der Waals surface area contributed by atoms with Crippen LogP contribution in [0, 0.1) is 13.8 Å². The van der Waals surface area contributed by atoms with E-state index in [0.717, 1.165) is 24.2 Å². The lowest BCUT2D eigenvalue weighted by Crippen LogP contribution is -2.36. The number of carbonyl (C=O) groups excluding carboxylic acids is 1. The molecule has 1 heterocycles. The molecular weight excluding hydrogens is 284 g/mol. The largest absolute Gasteiger partial charge is 0.345 e. The van der Waals surface area contributed by atoms with E-state index in [2.05, 4.69) is 48.4 Å². The van der Waals surface area contributed by atoms with Crippen LogP contribution in [0.2, 0.25) is 0 Å². The van der Waals surface area contributed by atoms with E-state index in [0.29, 0.717) is 5.56 Å². The molecule has 1 N–H and O–H groups in total. The van der Waals surface area contributed by atoms with Gasteiger partial charge in [-0.3, -0.25) is 9.78 Å². The maximum absolute atomic E-state index is 12.7. The Kier molecular flexibility index (Phi) is 3.97. The van der Waals surface area contributed by atoms with Crippen molar-refractivity contribution in [1.29, 1.82) is 0 Å². The highest BCUT2D eigenvalue weighted by Gasteiger charge is 2.33. The number of pyridine rings is 1. The number of hydrogen-bond donors (Lipinski definition) is 1. The van der Waals surface area contributed by atoms with Gasteiger partial charge in [0, 0.05) is 5.69 Å². The fourth-order valence-electron chi connectivity index (χ4n) is 3.53. The molecule has 0 aliphatic heterocycles. The van der Waals surface area contributed by atoms with Crippen LogP contribution in [0.3, 0.4) is 0 Å². The van der Waals surface area contributed by atoms with E-state index >= 15 is 0 Å². The predicted octanol–water partition coefficient (Wildman–Crippen LogP) is 4.24. The van der Waals surface area contributed by atoms with Gasteiger partial charge in [-0.15, -0.1) is 0 Å². The molecule has 0 spiro atoms. The second-order valence-corrected chi connectivity index (χ2v) is 7.12. The lowest BCUT2D eigenvalue weighted by molar-refractivity contribution is 0.0928. The normalized spacial score (nSPS) is 19.0. The number of amides is 1. The van der Waals surface area contributed by atoms with Crippen LogP contribution < -0.4 is 5.32 Å². The molecule has 0 fully saturated rings. The van der Waals surface area contributed by atoms with Gasteiger partial charge in [-0.05, 0) is 55.4 Å². The number of carbonyl (C=O) groups is 1. The van der Waals surface area contributed by atoms with Gasteiger partial charge in [0.1, 0.15) is 0 Å². The van der Waals surface area contributed by atoms with E-state index in [1.165, 1.54) is 11.1 Å². The lowest BCUT2D eigenvalue weighted by Gasteiger charge is -2.37. The third-order valence-corrected chi connectivity index (χ3v) is 4.90. The number of nitrogens with one attached hydrogen (secondary N) is 1. The van der Waals surface area contributed by atoms with Crippen molar-refractivity contribution in [3.63, 3.8) is 0 Å². The predicted molar refractivity (Wildman–Crippen MR) is 92.6 cm³/mol. The van der Waals surface area contributed by atoms with Crippen LogP contribution in [0.25, 0.3) is 0 Å². The fraction of sp³-hybridized carbons (Fsp3) is 0.400. The van der Waals surface area contributed by atoms with Crippen molar-refractivity contribution in [2.75, 3.05) is 0 Å². The summed E-state index contributed by atoms with van der Waals surface area (Å²) in [5.74, 6) is -0.0329. The minimum absolute atomic E-state index is 0.0329. The van der Waals surface area contributed by atoms with Crippen molar-refractivity contribution in [1.82, 2.24) is 10.3 Å². The summed E-state index contributed by atoms with van der Waals surface area (Å²) >= 11 is 0. The molecule has 3 nitrogen and oxygen atoms in total. The van der Waals surface area contributed by atoms with E-state index in [9.17, 15) is 4.79 Å². The maximum atomic E-state index is 12.7. The Balaban J connectivity index is 1.87. The van der Waals surface area contributed by atoms with Gasteiger partial charge < -0.3 is 5.32 Å². The first-order valence-corrected chi connectivity index (χ1v) is 8.23.